The van der Waals surface area contributed by atoms with E-state index in [-0.39, 0.29) is 26.4 Å². The molecular formula is C14H15F3O3. The molecule has 0 saturated carbocycles. The number of rotatable bonds is 6. The second-order valence-corrected chi connectivity index (χ2v) is 3.81. The van der Waals surface area contributed by atoms with Crippen molar-refractivity contribution in [2.75, 3.05) is 26.4 Å². The van der Waals surface area contributed by atoms with E-state index in [9.17, 15) is 13.2 Å². The molecule has 0 aliphatic rings. The number of aliphatic hydroxyl groups excluding tert-OH is 1. The van der Waals surface area contributed by atoms with E-state index in [1.165, 1.54) is 0 Å². The van der Waals surface area contributed by atoms with Gasteiger partial charge in [-0.3, -0.25) is 0 Å². The van der Waals surface area contributed by atoms with Gasteiger partial charge in [0, 0.05) is 5.56 Å². The molecule has 3 nitrogen and oxygen atoms in total. The highest BCUT2D eigenvalue weighted by Gasteiger charge is 2.26. The summed E-state index contributed by atoms with van der Waals surface area (Å²) >= 11 is 0. The van der Waals surface area contributed by atoms with Crippen LogP contribution >= 0.6 is 0 Å². The highest BCUT2D eigenvalue weighted by atomic mass is 19.4. The second kappa shape index (κ2) is 8.46. The maximum absolute atomic E-state index is 11.8. The molecule has 0 heterocycles. The first-order valence-corrected chi connectivity index (χ1v) is 5.98. The number of halogens is 3. The molecule has 0 aliphatic carbocycles. The van der Waals surface area contributed by atoms with Crippen LogP contribution in [-0.2, 0) is 4.74 Å². The largest absolute Gasteiger partial charge is 0.491 e. The third-order valence-electron chi connectivity index (χ3n) is 2.19. The average molecular weight is 288 g/mol. The minimum atomic E-state index is -4.19. The van der Waals surface area contributed by atoms with E-state index in [4.69, 9.17) is 14.6 Å². The van der Waals surface area contributed by atoms with Crippen LogP contribution in [0.25, 0.3) is 0 Å². The van der Waals surface area contributed by atoms with Crippen LogP contribution in [0.5, 0.6) is 5.75 Å². The number of hydrogen-bond acceptors (Lipinski definition) is 3. The molecule has 0 unspecified atom stereocenters. The molecule has 6 heteroatoms. The van der Waals surface area contributed by atoms with Gasteiger partial charge in [0.15, 0.2) is 0 Å². The maximum atomic E-state index is 11.8. The molecule has 1 N–H and O–H groups in total. The molecule has 110 valence electrons. The minimum Gasteiger partial charge on any atom is -0.491 e. The summed E-state index contributed by atoms with van der Waals surface area (Å²) in [5.41, 5.74) is 0.743. The van der Waals surface area contributed by atoms with Crippen molar-refractivity contribution >= 4 is 0 Å². The normalized spacial score (nSPS) is 10.8. The van der Waals surface area contributed by atoms with Gasteiger partial charge in [0.05, 0.1) is 19.6 Å². The number of aliphatic hydroxyl groups is 1. The van der Waals surface area contributed by atoms with Crippen molar-refractivity contribution in [1.29, 1.82) is 0 Å². The predicted molar refractivity (Wildman–Crippen MR) is 67.4 cm³/mol. The van der Waals surface area contributed by atoms with Crippen LogP contribution in [-0.4, -0.2) is 37.7 Å². The smallest absolute Gasteiger partial charge is 0.391 e. The molecule has 0 saturated heterocycles. The van der Waals surface area contributed by atoms with Crippen LogP contribution in [0.2, 0.25) is 0 Å². The lowest BCUT2D eigenvalue weighted by Crippen LogP contribution is -2.14. The van der Waals surface area contributed by atoms with Crippen LogP contribution in [0, 0.1) is 11.8 Å². The van der Waals surface area contributed by atoms with Crippen molar-refractivity contribution in [2.24, 2.45) is 0 Å². The lowest BCUT2D eigenvalue weighted by molar-refractivity contribution is -0.145. The molecule has 1 aromatic carbocycles. The van der Waals surface area contributed by atoms with E-state index in [0.717, 1.165) is 5.56 Å². The zero-order valence-corrected chi connectivity index (χ0v) is 10.7. The standard InChI is InChI=1S/C14H15F3O3/c15-14(16,17)7-9-19-10-11-20-13-5-3-12(4-6-13)2-1-8-18/h3-6,18H,7-11H2. The number of alkyl halides is 3. The maximum Gasteiger partial charge on any atom is 0.391 e. The Morgan fingerprint density at radius 2 is 1.75 bits per heavy atom. The molecule has 0 bridgehead atoms. The molecular weight excluding hydrogens is 273 g/mol. The van der Waals surface area contributed by atoms with E-state index in [2.05, 4.69) is 11.8 Å². The van der Waals surface area contributed by atoms with Gasteiger partial charge in [-0.1, -0.05) is 11.8 Å². The Morgan fingerprint density at radius 3 is 2.35 bits per heavy atom. The summed E-state index contributed by atoms with van der Waals surface area (Å²) in [7, 11) is 0. The van der Waals surface area contributed by atoms with Gasteiger partial charge in [0.1, 0.15) is 19.0 Å². The third kappa shape index (κ3) is 7.67. The summed E-state index contributed by atoms with van der Waals surface area (Å²) in [4.78, 5) is 0. The summed E-state index contributed by atoms with van der Waals surface area (Å²) in [5, 5.41) is 8.54. The Labute approximate surface area is 115 Å². The number of hydrogen-bond donors (Lipinski definition) is 1. The van der Waals surface area contributed by atoms with E-state index in [1.54, 1.807) is 24.3 Å². The van der Waals surface area contributed by atoms with Crippen LogP contribution in [0.15, 0.2) is 24.3 Å². The molecule has 20 heavy (non-hydrogen) atoms. The summed E-state index contributed by atoms with van der Waals surface area (Å²) < 4.78 is 45.6. The highest BCUT2D eigenvalue weighted by Crippen LogP contribution is 2.18. The molecule has 0 amide bonds. The van der Waals surface area contributed by atoms with Crippen LogP contribution < -0.4 is 4.74 Å². The molecule has 0 aliphatic heterocycles. The van der Waals surface area contributed by atoms with Gasteiger partial charge in [-0.2, -0.15) is 13.2 Å². The summed E-state index contributed by atoms with van der Waals surface area (Å²) in [6.45, 7) is -0.280. The molecule has 0 spiro atoms. The van der Waals surface area contributed by atoms with Crippen LogP contribution in [0.4, 0.5) is 13.2 Å². The Balaban J connectivity index is 2.19. The number of ether oxygens (including phenoxy) is 2. The quantitative estimate of drug-likeness (QED) is 0.645. The van der Waals surface area contributed by atoms with E-state index >= 15 is 0 Å². The SMILES string of the molecule is OCC#Cc1ccc(OCCOCCC(F)(F)F)cc1. The predicted octanol–water partition coefficient (Wildman–Crippen LogP) is 2.38. The summed E-state index contributed by atoms with van der Waals surface area (Å²) in [6.07, 6.45) is -5.14. The number of benzene rings is 1. The lowest BCUT2D eigenvalue weighted by Gasteiger charge is -2.08. The first kappa shape index (κ1) is 16.3. The van der Waals surface area contributed by atoms with Gasteiger partial charge in [-0.25, -0.2) is 0 Å². The fourth-order valence-electron chi connectivity index (χ4n) is 1.28. The van der Waals surface area contributed by atoms with Gasteiger partial charge >= 0.3 is 6.18 Å². The molecule has 0 atom stereocenters. The second-order valence-electron chi connectivity index (χ2n) is 3.81. The summed E-state index contributed by atoms with van der Waals surface area (Å²) in [5.74, 6) is 5.83. The van der Waals surface area contributed by atoms with Gasteiger partial charge < -0.3 is 14.6 Å². The van der Waals surface area contributed by atoms with Crippen molar-refractivity contribution in [1.82, 2.24) is 0 Å². The molecule has 0 fully saturated rings. The van der Waals surface area contributed by atoms with Crippen LogP contribution in [0.3, 0.4) is 0 Å². The van der Waals surface area contributed by atoms with Crippen LogP contribution in [0.1, 0.15) is 12.0 Å². The monoisotopic (exact) mass is 288 g/mol. The van der Waals surface area contributed by atoms with E-state index in [1.807, 2.05) is 0 Å². The van der Waals surface area contributed by atoms with Gasteiger partial charge in [-0.05, 0) is 24.3 Å². The van der Waals surface area contributed by atoms with Gasteiger partial charge in [-0.15, -0.1) is 0 Å². The topological polar surface area (TPSA) is 38.7 Å². The fourth-order valence-corrected chi connectivity index (χ4v) is 1.28. The Morgan fingerprint density at radius 1 is 1.05 bits per heavy atom. The van der Waals surface area contributed by atoms with Gasteiger partial charge in [0.25, 0.3) is 0 Å². The first-order valence-electron chi connectivity index (χ1n) is 5.98. The lowest BCUT2D eigenvalue weighted by atomic mass is 10.2. The van der Waals surface area contributed by atoms with Gasteiger partial charge in [0.2, 0.25) is 0 Å². The van der Waals surface area contributed by atoms with Crippen molar-refractivity contribution < 1.29 is 27.8 Å². The van der Waals surface area contributed by atoms with Crippen molar-refractivity contribution in [2.45, 2.75) is 12.6 Å². The van der Waals surface area contributed by atoms with E-state index < -0.39 is 12.6 Å². The Bertz CT molecular complexity index is 443. The molecule has 0 aromatic heterocycles. The molecule has 1 rings (SSSR count). The summed E-state index contributed by atoms with van der Waals surface area (Å²) in [6, 6.07) is 6.83. The van der Waals surface area contributed by atoms with Crippen molar-refractivity contribution in [3.05, 3.63) is 29.8 Å². The fraction of sp³-hybridized carbons (Fsp3) is 0.429. The average Bonchev–Trinajstić information content (AvgIpc) is 2.40. The first-order chi connectivity index (χ1) is 9.51. The minimum absolute atomic E-state index is 0.0994. The van der Waals surface area contributed by atoms with Crippen molar-refractivity contribution in [3.8, 4) is 17.6 Å². The van der Waals surface area contributed by atoms with E-state index in [0.29, 0.717) is 5.75 Å². The van der Waals surface area contributed by atoms with Crippen molar-refractivity contribution in [3.63, 3.8) is 0 Å². The Hall–Kier alpha value is -1.71. The highest BCUT2D eigenvalue weighted by molar-refractivity contribution is 5.38. The Kier molecular flexibility index (Phi) is 6.91. The third-order valence-corrected chi connectivity index (χ3v) is 2.19. The zero-order valence-electron chi connectivity index (χ0n) is 10.7. The zero-order chi connectivity index (χ0) is 14.8. The molecule has 0 radical (unpaired) electrons. The molecule has 1 aromatic rings.